The average molecular weight is 409 g/mol. The van der Waals surface area contributed by atoms with Crippen molar-refractivity contribution in [3.05, 3.63) is 71.8 Å². The van der Waals surface area contributed by atoms with Gasteiger partial charge in [-0.15, -0.1) is 0 Å². The monoisotopic (exact) mass is 409 g/mol. The molecular formula is C22H20FN3O4. The van der Waals surface area contributed by atoms with Gasteiger partial charge >= 0.3 is 0 Å². The third-order valence-corrected chi connectivity index (χ3v) is 5.36. The van der Waals surface area contributed by atoms with Crippen LogP contribution in [0.3, 0.4) is 0 Å². The Morgan fingerprint density at radius 3 is 2.97 bits per heavy atom. The van der Waals surface area contributed by atoms with Crippen LogP contribution in [-0.4, -0.2) is 29.1 Å². The largest absolute Gasteiger partial charge is 0.454 e. The van der Waals surface area contributed by atoms with E-state index in [2.05, 4.69) is 10.4 Å². The predicted molar refractivity (Wildman–Crippen MR) is 105 cm³/mol. The molecule has 1 fully saturated rings. The number of amides is 1. The summed E-state index contributed by atoms with van der Waals surface area (Å²) < 4.78 is 32.0. The highest BCUT2D eigenvalue weighted by atomic mass is 19.1. The molecule has 2 aliphatic rings. The normalized spacial score (nSPS) is 19.8. The molecular weight excluding hydrogens is 389 g/mol. The lowest BCUT2D eigenvalue weighted by Gasteiger charge is -2.17. The molecule has 2 aromatic carbocycles. The first-order chi connectivity index (χ1) is 14.7. The fourth-order valence-corrected chi connectivity index (χ4v) is 3.81. The summed E-state index contributed by atoms with van der Waals surface area (Å²) in [6, 6.07) is 12.0. The number of rotatable bonds is 5. The summed E-state index contributed by atoms with van der Waals surface area (Å²) in [5.74, 6) is 0.606. The third-order valence-electron chi connectivity index (χ3n) is 5.36. The summed E-state index contributed by atoms with van der Waals surface area (Å²) in [6.45, 7) is 1.08. The van der Waals surface area contributed by atoms with Crippen molar-refractivity contribution < 1.29 is 23.4 Å². The van der Waals surface area contributed by atoms with Gasteiger partial charge in [0.05, 0.1) is 18.2 Å². The molecule has 7 nitrogen and oxygen atoms in total. The zero-order valence-electron chi connectivity index (χ0n) is 16.1. The highest BCUT2D eigenvalue weighted by Crippen LogP contribution is 2.35. The van der Waals surface area contributed by atoms with Gasteiger partial charge in [-0.1, -0.05) is 18.2 Å². The van der Waals surface area contributed by atoms with E-state index in [4.69, 9.17) is 14.2 Å². The highest BCUT2D eigenvalue weighted by Gasteiger charge is 2.36. The number of benzene rings is 2. The first-order valence-electron chi connectivity index (χ1n) is 9.76. The number of aromatic nitrogens is 2. The van der Waals surface area contributed by atoms with E-state index in [0.29, 0.717) is 36.8 Å². The molecule has 3 heterocycles. The quantitative estimate of drug-likeness (QED) is 0.701. The van der Waals surface area contributed by atoms with Crippen LogP contribution in [0, 0.1) is 11.7 Å². The molecule has 1 N–H and O–H groups in total. The molecule has 30 heavy (non-hydrogen) atoms. The van der Waals surface area contributed by atoms with Crippen LogP contribution in [0.2, 0.25) is 0 Å². The highest BCUT2D eigenvalue weighted by molar-refractivity contribution is 5.79. The number of ether oxygens (including phenoxy) is 3. The summed E-state index contributed by atoms with van der Waals surface area (Å²) in [5, 5.41) is 7.23. The number of halogens is 1. The van der Waals surface area contributed by atoms with Gasteiger partial charge in [-0.3, -0.25) is 4.79 Å². The second-order valence-electron chi connectivity index (χ2n) is 7.26. The number of para-hydroxylation sites is 1. The Hall–Kier alpha value is -3.39. The summed E-state index contributed by atoms with van der Waals surface area (Å²) >= 11 is 0. The van der Waals surface area contributed by atoms with Crippen molar-refractivity contribution in [2.75, 3.05) is 13.4 Å². The standard InChI is InChI=1S/C22H20FN3O4/c23-17-3-1-2-4-18(17)26-12-15(11-25-26)21-16(7-8-28-21)22(27)24-10-14-5-6-19-20(9-14)30-13-29-19/h1-6,9,11-12,16,21H,7-8,10,13H2,(H,24,27)/t16-,21+/m0/s1. The number of hydrogen-bond donors (Lipinski definition) is 1. The number of nitrogens with one attached hydrogen (secondary N) is 1. The molecule has 3 aromatic rings. The molecule has 5 rings (SSSR count). The van der Waals surface area contributed by atoms with Gasteiger partial charge in [-0.05, 0) is 36.2 Å². The zero-order valence-corrected chi connectivity index (χ0v) is 16.1. The molecule has 1 saturated heterocycles. The number of carbonyl (C=O) groups is 1. The third kappa shape index (κ3) is 3.50. The summed E-state index contributed by atoms with van der Waals surface area (Å²) in [6.07, 6.45) is 3.54. The van der Waals surface area contributed by atoms with Crippen LogP contribution in [0.25, 0.3) is 5.69 Å². The van der Waals surface area contributed by atoms with Crippen molar-refractivity contribution in [2.24, 2.45) is 5.92 Å². The van der Waals surface area contributed by atoms with Gasteiger partial charge in [0.15, 0.2) is 11.5 Å². The summed E-state index contributed by atoms with van der Waals surface area (Å²) in [4.78, 5) is 12.8. The van der Waals surface area contributed by atoms with Gasteiger partial charge in [-0.25, -0.2) is 9.07 Å². The maximum Gasteiger partial charge on any atom is 0.231 e. The number of hydrogen-bond acceptors (Lipinski definition) is 5. The van der Waals surface area contributed by atoms with Crippen LogP contribution >= 0.6 is 0 Å². The Morgan fingerprint density at radius 1 is 1.20 bits per heavy atom. The van der Waals surface area contributed by atoms with Crippen molar-refractivity contribution in [2.45, 2.75) is 19.1 Å². The van der Waals surface area contributed by atoms with E-state index in [1.54, 1.807) is 30.6 Å². The Morgan fingerprint density at radius 2 is 2.07 bits per heavy atom. The van der Waals surface area contributed by atoms with E-state index < -0.39 is 6.10 Å². The van der Waals surface area contributed by atoms with E-state index in [0.717, 1.165) is 11.1 Å². The summed E-state index contributed by atoms with van der Waals surface area (Å²) in [7, 11) is 0. The summed E-state index contributed by atoms with van der Waals surface area (Å²) in [5.41, 5.74) is 2.03. The minimum Gasteiger partial charge on any atom is -0.454 e. The Kier molecular flexibility index (Phi) is 4.84. The first-order valence-corrected chi connectivity index (χ1v) is 9.76. The molecule has 0 bridgehead atoms. The lowest BCUT2D eigenvalue weighted by Crippen LogP contribution is -2.31. The van der Waals surface area contributed by atoms with Crippen molar-refractivity contribution in [3.63, 3.8) is 0 Å². The molecule has 0 radical (unpaired) electrons. The number of nitrogens with zero attached hydrogens (tertiary/aromatic N) is 2. The van der Waals surface area contributed by atoms with Gasteiger partial charge in [0.2, 0.25) is 12.7 Å². The van der Waals surface area contributed by atoms with E-state index in [1.165, 1.54) is 10.7 Å². The van der Waals surface area contributed by atoms with Crippen LogP contribution < -0.4 is 14.8 Å². The first kappa shape index (κ1) is 18.6. The molecule has 1 aromatic heterocycles. The molecule has 154 valence electrons. The maximum atomic E-state index is 14.0. The fourth-order valence-electron chi connectivity index (χ4n) is 3.81. The SMILES string of the molecule is O=C(NCc1ccc2c(c1)OCO2)[C@H]1CCO[C@@H]1c1cnn(-c2ccccc2F)c1. The van der Waals surface area contributed by atoms with Crippen molar-refractivity contribution >= 4 is 5.91 Å². The van der Waals surface area contributed by atoms with Gasteiger partial charge in [-0.2, -0.15) is 5.10 Å². The molecule has 0 unspecified atom stereocenters. The lowest BCUT2D eigenvalue weighted by molar-refractivity contribution is -0.126. The second-order valence-corrected chi connectivity index (χ2v) is 7.26. The van der Waals surface area contributed by atoms with Gasteiger partial charge in [0.25, 0.3) is 0 Å². The maximum absolute atomic E-state index is 14.0. The van der Waals surface area contributed by atoms with Crippen LogP contribution in [0.15, 0.2) is 54.9 Å². The molecule has 8 heteroatoms. The van der Waals surface area contributed by atoms with E-state index in [9.17, 15) is 9.18 Å². The molecule has 0 spiro atoms. The molecule has 0 saturated carbocycles. The van der Waals surface area contributed by atoms with E-state index in [-0.39, 0.29) is 24.4 Å². The number of fused-ring (bicyclic) bond motifs is 1. The van der Waals surface area contributed by atoms with Crippen LogP contribution in [0.4, 0.5) is 4.39 Å². The minimum absolute atomic E-state index is 0.0891. The average Bonchev–Trinajstić information content (AvgIpc) is 3.51. The topological polar surface area (TPSA) is 74.6 Å². The van der Waals surface area contributed by atoms with Gasteiger partial charge in [0, 0.05) is 24.9 Å². The van der Waals surface area contributed by atoms with Crippen LogP contribution in [0.1, 0.15) is 23.7 Å². The second kappa shape index (κ2) is 7.79. The van der Waals surface area contributed by atoms with E-state index >= 15 is 0 Å². The Bertz CT molecular complexity index is 1080. The molecule has 2 aliphatic heterocycles. The molecule has 1 amide bonds. The van der Waals surface area contributed by atoms with Crippen LogP contribution in [-0.2, 0) is 16.1 Å². The number of carbonyl (C=O) groups excluding carboxylic acids is 1. The Balaban J connectivity index is 1.27. The van der Waals surface area contributed by atoms with Crippen molar-refractivity contribution in [3.8, 4) is 17.2 Å². The van der Waals surface area contributed by atoms with Gasteiger partial charge < -0.3 is 19.5 Å². The van der Waals surface area contributed by atoms with Gasteiger partial charge in [0.1, 0.15) is 11.5 Å². The fraction of sp³-hybridized carbons (Fsp3) is 0.273. The lowest BCUT2D eigenvalue weighted by atomic mass is 9.96. The smallest absolute Gasteiger partial charge is 0.231 e. The van der Waals surface area contributed by atoms with Crippen LogP contribution in [0.5, 0.6) is 11.5 Å². The molecule has 2 atom stereocenters. The predicted octanol–water partition coefficient (Wildman–Crippen LogP) is 3.13. The van der Waals surface area contributed by atoms with Crippen molar-refractivity contribution in [1.82, 2.24) is 15.1 Å². The van der Waals surface area contributed by atoms with Crippen molar-refractivity contribution in [1.29, 1.82) is 0 Å². The zero-order chi connectivity index (χ0) is 20.5. The van der Waals surface area contributed by atoms with E-state index in [1.807, 2.05) is 18.2 Å². The minimum atomic E-state index is -0.415. The molecule has 0 aliphatic carbocycles. The Labute approximate surface area is 172 Å².